The first-order valence-electron chi connectivity index (χ1n) is 8.70. The van der Waals surface area contributed by atoms with Crippen molar-refractivity contribution in [3.05, 3.63) is 77.9 Å². The summed E-state index contributed by atoms with van der Waals surface area (Å²) in [6, 6.07) is 14.5. The van der Waals surface area contributed by atoms with E-state index in [0.29, 0.717) is 30.2 Å². The zero-order chi connectivity index (χ0) is 20.2. The molecule has 146 valence electrons. The van der Waals surface area contributed by atoms with Crippen molar-refractivity contribution < 1.29 is 23.8 Å². The van der Waals surface area contributed by atoms with Crippen LogP contribution in [0.1, 0.15) is 15.9 Å². The van der Waals surface area contributed by atoms with Crippen LogP contribution in [0, 0.1) is 0 Å². The second-order valence-corrected chi connectivity index (χ2v) is 5.65. The van der Waals surface area contributed by atoms with Gasteiger partial charge in [0.15, 0.2) is 0 Å². The van der Waals surface area contributed by atoms with E-state index in [0.717, 1.165) is 5.56 Å². The molecule has 0 unspecified atom stereocenters. The Balaban J connectivity index is 1.80. The SMILES string of the molecule is COC(=O)/C=C/C=C/c1cccc(OCCNC(=O)c2cccc(OC)c2)c1. The number of rotatable bonds is 9. The second kappa shape index (κ2) is 11.2. The summed E-state index contributed by atoms with van der Waals surface area (Å²) in [5.41, 5.74) is 1.46. The van der Waals surface area contributed by atoms with Crippen molar-refractivity contribution in [2.75, 3.05) is 27.4 Å². The lowest BCUT2D eigenvalue weighted by atomic mass is 10.2. The number of carbonyl (C=O) groups excluding carboxylic acids is 2. The Bertz CT molecular complexity index is 858. The van der Waals surface area contributed by atoms with Crippen LogP contribution in [-0.2, 0) is 9.53 Å². The van der Waals surface area contributed by atoms with Crippen molar-refractivity contribution in [2.24, 2.45) is 0 Å². The number of esters is 1. The number of hydrogen-bond acceptors (Lipinski definition) is 5. The van der Waals surface area contributed by atoms with Crippen LogP contribution in [0.5, 0.6) is 11.5 Å². The number of nitrogens with one attached hydrogen (secondary N) is 1. The highest BCUT2D eigenvalue weighted by molar-refractivity contribution is 5.94. The van der Waals surface area contributed by atoms with Crippen LogP contribution >= 0.6 is 0 Å². The molecule has 0 heterocycles. The highest BCUT2D eigenvalue weighted by Crippen LogP contribution is 2.15. The lowest BCUT2D eigenvalue weighted by Gasteiger charge is -2.09. The third-order valence-corrected chi connectivity index (χ3v) is 3.68. The summed E-state index contributed by atoms with van der Waals surface area (Å²) < 4.78 is 15.3. The van der Waals surface area contributed by atoms with Gasteiger partial charge in [0.2, 0.25) is 0 Å². The molecule has 28 heavy (non-hydrogen) atoms. The van der Waals surface area contributed by atoms with Crippen LogP contribution in [-0.4, -0.2) is 39.2 Å². The molecule has 2 rings (SSSR count). The number of hydrogen-bond donors (Lipinski definition) is 1. The number of ether oxygens (including phenoxy) is 3. The highest BCUT2D eigenvalue weighted by Gasteiger charge is 2.05. The summed E-state index contributed by atoms with van der Waals surface area (Å²) >= 11 is 0. The molecule has 0 aliphatic rings. The lowest BCUT2D eigenvalue weighted by molar-refractivity contribution is -0.134. The molecular formula is C22H23NO5. The van der Waals surface area contributed by atoms with Crippen LogP contribution in [0.2, 0.25) is 0 Å². The number of carbonyl (C=O) groups is 2. The van der Waals surface area contributed by atoms with Gasteiger partial charge in [0.05, 0.1) is 20.8 Å². The van der Waals surface area contributed by atoms with Gasteiger partial charge in [-0.1, -0.05) is 36.4 Å². The standard InChI is InChI=1S/C22H23NO5/c1-26-19-10-6-9-18(16-19)22(25)23-13-14-28-20-11-5-8-17(15-20)7-3-4-12-21(24)27-2/h3-12,15-16H,13-14H2,1-2H3,(H,23,25)/b7-3+,12-4+. The fourth-order valence-corrected chi connectivity index (χ4v) is 2.28. The zero-order valence-electron chi connectivity index (χ0n) is 15.9. The molecule has 2 aromatic rings. The molecule has 0 aliphatic heterocycles. The monoisotopic (exact) mass is 381 g/mol. The van der Waals surface area contributed by atoms with E-state index in [1.54, 1.807) is 43.5 Å². The van der Waals surface area contributed by atoms with Crippen LogP contribution in [0.3, 0.4) is 0 Å². The fourth-order valence-electron chi connectivity index (χ4n) is 2.28. The van der Waals surface area contributed by atoms with Gasteiger partial charge in [0.1, 0.15) is 18.1 Å². The van der Waals surface area contributed by atoms with Gasteiger partial charge in [-0.3, -0.25) is 4.79 Å². The zero-order valence-corrected chi connectivity index (χ0v) is 15.9. The van der Waals surface area contributed by atoms with Gasteiger partial charge in [0.25, 0.3) is 5.91 Å². The molecule has 1 amide bonds. The maximum atomic E-state index is 12.1. The molecule has 2 aromatic carbocycles. The van der Waals surface area contributed by atoms with Crippen molar-refractivity contribution in [3.8, 4) is 11.5 Å². The van der Waals surface area contributed by atoms with Crippen molar-refractivity contribution in [1.29, 1.82) is 0 Å². The quantitative estimate of drug-likeness (QED) is 0.312. The first-order chi connectivity index (χ1) is 13.6. The number of methoxy groups -OCH3 is 2. The van der Waals surface area contributed by atoms with Gasteiger partial charge >= 0.3 is 5.97 Å². The minimum absolute atomic E-state index is 0.184. The number of amides is 1. The Morgan fingerprint density at radius 1 is 1.00 bits per heavy atom. The predicted octanol–water partition coefficient (Wildman–Crippen LogP) is 3.25. The molecule has 0 radical (unpaired) electrons. The van der Waals surface area contributed by atoms with Gasteiger partial charge < -0.3 is 19.5 Å². The summed E-state index contributed by atoms with van der Waals surface area (Å²) in [5, 5.41) is 2.81. The molecule has 0 aliphatic carbocycles. The van der Waals surface area contributed by atoms with Crippen molar-refractivity contribution in [2.45, 2.75) is 0 Å². The second-order valence-electron chi connectivity index (χ2n) is 5.65. The minimum Gasteiger partial charge on any atom is -0.497 e. The average Bonchev–Trinajstić information content (AvgIpc) is 2.74. The largest absolute Gasteiger partial charge is 0.497 e. The van der Waals surface area contributed by atoms with E-state index in [4.69, 9.17) is 9.47 Å². The topological polar surface area (TPSA) is 73.9 Å². The molecule has 6 heteroatoms. The Kier molecular flexibility index (Phi) is 8.33. The number of allylic oxidation sites excluding steroid dienone is 2. The summed E-state index contributed by atoms with van der Waals surface area (Å²) in [4.78, 5) is 23.1. The molecule has 0 fully saturated rings. The fraction of sp³-hybridized carbons (Fsp3) is 0.182. The van der Waals surface area contributed by atoms with E-state index < -0.39 is 5.97 Å². The van der Waals surface area contributed by atoms with E-state index in [9.17, 15) is 9.59 Å². The Labute approximate surface area is 164 Å². The van der Waals surface area contributed by atoms with Crippen LogP contribution in [0.25, 0.3) is 6.08 Å². The van der Waals surface area contributed by atoms with Crippen molar-refractivity contribution >= 4 is 18.0 Å². The maximum Gasteiger partial charge on any atom is 0.330 e. The molecule has 0 spiro atoms. The molecule has 0 saturated heterocycles. The van der Waals surface area contributed by atoms with Crippen LogP contribution < -0.4 is 14.8 Å². The van der Waals surface area contributed by atoms with Gasteiger partial charge in [-0.05, 0) is 35.9 Å². The first kappa shape index (κ1) is 20.8. The third-order valence-electron chi connectivity index (χ3n) is 3.68. The van der Waals surface area contributed by atoms with E-state index in [2.05, 4.69) is 10.1 Å². The smallest absolute Gasteiger partial charge is 0.330 e. The van der Waals surface area contributed by atoms with Crippen LogP contribution in [0.4, 0.5) is 0 Å². The summed E-state index contributed by atoms with van der Waals surface area (Å²) in [5.74, 6) is 0.735. The van der Waals surface area contributed by atoms with Gasteiger partial charge in [-0.25, -0.2) is 4.79 Å². The molecule has 0 bridgehead atoms. The Morgan fingerprint density at radius 3 is 2.57 bits per heavy atom. The van der Waals surface area contributed by atoms with E-state index in [-0.39, 0.29) is 5.91 Å². The first-order valence-corrected chi connectivity index (χ1v) is 8.70. The Hall–Kier alpha value is -3.54. The molecule has 1 N–H and O–H groups in total. The summed E-state index contributed by atoms with van der Waals surface area (Å²) in [6.45, 7) is 0.711. The predicted molar refractivity (Wildman–Crippen MR) is 107 cm³/mol. The Morgan fingerprint density at radius 2 is 1.79 bits per heavy atom. The molecule has 6 nitrogen and oxygen atoms in total. The highest BCUT2D eigenvalue weighted by atomic mass is 16.5. The molecule has 0 saturated carbocycles. The van der Waals surface area contributed by atoms with Gasteiger partial charge in [-0.15, -0.1) is 0 Å². The van der Waals surface area contributed by atoms with E-state index >= 15 is 0 Å². The normalized spacial score (nSPS) is 10.8. The van der Waals surface area contributed by atoms with E-state index in [1.807, 2.05) is 30.3 Å². The lowest BCUT2D eigenvalue weighted by Crippen LogP contribution is -2.28. The van der Waals surface area contributed by atoms with E-state index in [1.165, 1.54) is 13.2 Å². The summed E-state index contributed by atoms with van der Waals surface area (Å²) in [7, 11) is 2.89. The van der Waals surface area contributed by atoms with Crippen molar-refractivity contribution in [3.63, 3.8) is 0 Å². The molecule has 0 atom stereocenters. The molecular weight excluding hydrogens is 358 g/mol. The van der Waals surface area contributed by atoms with Gasteiger partial charge in [0, 0.05) is 11.6 Å². The third kappa shape index (κ3) is 6.99. The van der Waals surface area contributed by atoms with Gasteiger partial charge in [-0.2, -0.15) is 0 Å². The minimum atomic E-state index is -0.405. The number of benzene rings is 2. The molecule has 0 aromatic heterocycles. The average molecular weight is 381 g/mol. The van der Waals surface area contributed by atoms with Crippen molar-refractivity contribution in [1.82, 2.24) is 5.32 Å². The maximum absolute atomic E-state index is 12.1. The summed E-state index contributed by atoms with van der Waals surface area (Å²) in [6.07, 6.45) is 6.52. The van der Waals surface area contributed by atoms with Crippen LogP contribution in [0.15, 0.2) is 66.8 Å².